The van der Waals surface area contributed by atoms with Gasteiger partial charge >= 0.3 is 5.97 Å². The number of hydrogen-bond donors (Lipinski definition) is 1. The molecule has 0 aromatic heterocycles. The van der Waals surface area contributed by atoms with Crippen LogP contribution in [-0.4, -0.2) is 38.9 Å². The van der Waals surface area contributed by atoms with Crippen molar-refractivity contribution >= 4 is 27.4 Å². The number of ether oxygens (including phenoxy) is 1. The first-order chi connectivity index (χ1) is 9.71. The van der Waals surface area contributed by atoms with Crippen molar-refractivity contribution in [3.63, 3.8) is 0 Å². The maximum atomic E-state index is 13.1. The summed E-state index contributed by atoms with van der Waals surface area (Å²) in [6.07, 6.45) is 0.817. The lowest BCUT2D eigenvalue weighted by Gasteiger charge is -2.14. The van der Waals surface area contributed by atoms with Gasteiger partial charge in [0.1, 0.15) is 5.82 Å². The molecule has 2 atom stereocenters. The Morgan fingerprint density at radius 2 is 2.10 bits per heavy atom. The fraction of sp³-hybridized carbons (Fsp3) is 0.385. The normalized spacial score (nSPS) is 24.2. The van der Waals surface area contributed by atoms with Crippen LogP contribution in [0.3, 0.4) is 0 Å². The molecule has 1 aliphatic carbocycles. The van der Waals surface area contributed by atoms with E-state index in [9.17, 15) is 22.4 Å². The zero-order chi connectivity index (χ0) is 15.8. The van der Waals surface area contributed by atoms with Crippen LogP contribution in [0.1, 0.15) is 6.42 Å². The monoisotopic (exact) mass is 315 g/mol. The van der Waals surface area contributed by atoms with Crippen molar-refractivity contribution in [1.82, 2.24) is 0 Å². The molecule has 1 N–H and O–H groups in total. The van der Waals surface area contributed by atoms with Crippen molar-refractivity contribution in [2.24, 2.45) is 5.41 Å². The molecule has 0 spiro atoms. The standard InChI is InChI=1S/C13H14FNO5S/c1-20-12(17)13(7-10(13)21(2,18)19)11(16)15-9-5-3-4-8(14)6-9/h3-6,10H,7H2,1-2H3,(H,15,16). The van der Waals surface area contributed by atoms with E-state index in [1.54, 1.807) is 0 Å². The van der Waals surface area contributed by atoms with E-state index in [1.165, 1.54) is 18.2 Å². The van der Waals surface area contributed by atoms with Crippen molar-refractivity contribution in [2.45, 2.75) is 11.7 Å². The molecule has 1 saturated carbocycles. The number of anilines is 1. The molecule has 21 heavy (non-hydrogen) atoms. The number of nitrogens with one attached hydrogen (secondary N) is 1. The Morgan fingerprint density at radius 3 is 2.57 bits per heavy atom. The van der Waals surface area contributed by atoms with Crippen LogP contribution in [0.15, 0.2) is 24.3 Å². The summed E-state index contributed by atoms with van der Waals surface area (Å²) in [6, 6.07) is 5.09. The van der Waals surface area contributed by atoms with Gasteiger partial charge in [-0.3, -0.25) is 9.59 Å². The Morgan fingerprint density at radius 1 is 1.43 bits per heavy atom. The van der Waals surface area contributed by atoms with E-state index in [0.717, 1.165) is 19.4 Å². The minimum atomic E-state index is -3.57. The quantitative estimate of drug-likeness (QED) is 0.654. The van der Waals surface area contributed by atoms with E-state index in [0.29, 0.717) is 0 Å². The molecule has 1 fully saturated rings. The SMILES string of the molecule is COC(=O)C1(C(=O)Nc2cccc(F)c2)CC1S(C)(=O)=O. The molecule has 2 rings (SSSR count). The van der Waals surface area contributed by atoms with Gasteiger partial charge in [0.05, 0.1) is 12.4 Å². The number of esters is 1. The number of methoxy groups -OCH3 is 1. The summed E-state index contributed by atoms with van der Waals surface area (Å²) in [5, 5.41) is 1.24. The zero-order valence-electron chi connectivity index (χ0n) is 11.4. The summed E-state index contributed by atoms with van der Waals surface area (Å²) in [7, 11) is -2.49. The molecule has 1 aromatic carbocycles. The first-order valence-corrected chi connectivity index (χ1v) is 8.01. The Hall–Kier alpha value is -1.96. The van der Waals surface area contributed by atoms with Crippen LogP contribution in [0.5, 0.6) is 0 Å². The number of benzene rings is 1. The highest BCUT2D eigenvalue weighted by molar-refractivity contribution is 7.91. The Kier molecular flexibility index (Phi) is 3.75. The van der Waals surface area contributed by atoms with Gasteiger partial charge in [0, 0.05) is 11.9 Å². The van der Waals surface area contributed by atoms with Crippen LogP contribution in [0.4, 0.5) is 10.1 Å². The molecular formula is C13H14FNO5S. The number of halogens is 1. The van der Waals surface area contributed by atoms with E-state index >= 15 is 0 Å². The van der Waals surface area contributed by atoms with Gasteiger partial charge in [-0.25, -0.2) is 12.8 Å². The highest BCUT2D eigenvalue weighted by Gasteiger charge is 2.71. The van der Waals surface area contributed by atoms with Crippen molar-refractivity contribution in [3.8, 4) is 0 Å². The largest absolute Gasteiger partial charge is 0.468 e. The highest BCUT2D eigenvalue weighted by Crippen LogP contribution is 2.52. The summed E-state index contributed by atoms with van der Waals surface area (Å²) in [4.78, 5) is 24.1. The molecule has 8 heteroatoms. The Bertz CT molecular complexity index is 702. The Labute approximate surface area is 121 Å². The number of hydrogen-bond acceptors (Lipinski definition) is 5. The molecule has 0 saturated heterocycles. The molecule has 0 aliphatic heterocycles. The molecule has 114 valence electrons. The van der Waals surface area contributed by atoms with E-state index in [4.69, 9.17) is 0 Å². The number of sulfone groups is 1. The van der Waals surface area contributed by atoms with Crippen LogP contribution in [0, 0.1) is 11.2 Å². The summed E-state index contributed by atoms with van der Waals surface area (Å²) in [6.45, 7) is 0. The molecule has 1 aliphatic rings. The first-order valence-electron chi connectivity index (χ1n) is 6.06. The smallest absolute Gasteiger partial charge is 0.322 e. The second-order valence-electron chi connectivity index (χ2n) is 4.95. The van der Waals surface area contributed by atoms with Crippen LogP contribution in [-0.2, 0) is 24.2 Å². The third kappa shape index (κ3) is 2.76. The van der Waals surface area contributed by atoms with Gasteiger partial charge in [-0.1, -0.05) is 6.07 Å². The number of amides is 1. The minimum absolute atomic E-state index is 0.139. The van der Waals surface area contributed by atoms with Gasteiger partial charge in [-0.05, 0) is 24.6 Å². The summed E-state index contributed by atoms with van der Waals surface area (Å²) >= 11 is 0. The molecular weight excluding hydrogens is 301 g/mol. The number of carbonyl (C=O) groups is 2. The molecule has 0 radical (unpaired) electrons. The van der Waals surface area contributed by atoms with E-state index < -0.39 is 38.2 Å². The van der Waals surface area contributed by atoms with Crippen molar-refractivity contribution in [2.75, 3.05) is 18.7 Å². The predicted octanol–water partition coefficient (Wildman–Crippen LogP) is 0.740. The van der Waals surface area contributed by atoms with Crippen LogP contribution >= 0.6 is 0 Å². The molecule has 6 nitrogen and oxygen atoms in total. The van der Waals surface area contributed by atoms with Gasteiger partial charge in [-0.2, -0.15) is 0 Å². The van der Waals surface area contributed by atoms with E-state index in [1.807, 2.05) is 0 Å². The third-order valence-corrected chi connectivity index (χ3v) is 5.05. The second kappa shape index (κ2) is 5.10. The molecule has 0 heterocycles. The minimum Gasteiger partial charge on any atom is -0.468 e. The average Bonchev–Trinajstić information content (AvgIpc) is 3.14. The lowest BCUT2D eigenvalue weighted by Crippen LogP contribution is -2.37. The predicted molar refractivity (Wildman–Crippen MR) is 72.7 cm³/mol. The van der Waals surface area contributed by atoms with Gasteiger partial charge in [0.15, 0.2) is 15.3 Å². The van der Waals surface area contributed by atoms with Crippen molar-refractivity contribution in [3.05, 3.63) is 30.1 Å². The summed E-state index contributed by atoms with van der Waals surface area (Å²) in [5.41, 5.74) is -1.61. The highest BCUT2D eigenvalue weighted by atomic mass is 32.2. The maximum Gasteiger partial charge on any atom is 0.322 e. The van der Waals surface area contributed by atoms with Crippen LogP contribution < -0.4 is 5.32 Å². The number of rotatable bonds is 4. The van der Waals surface area contributed by atoms with Crippen LogP contribution in [0.25, 0.3) is 0 Å². The first kappa shape index (κ1) is 15.4. The topological polar surface area (TPSA) is 89.5 Å². The van der Waals surface area contributed by atoms with E-state index in [2.05, 4.69) is 10.1 Å². The Balaban J connectivity index is 2.28. The number of carbonyl (C=O) groups excluding carboxylic acids is 2. The summed E-state index contributed by atoms with van der Waals surface area (Å²) in [5.74, 6) is -2.28. The fourth-order valence-electron chi connectivity index (χ4n) is 2.29. The molecule has 0 bridgehead atoms. The fourth-order valence-corrected chi connectivity index (χ4v) is 3.79. The van der Waals surface area contributed by atoms with Gasteiger partial charge < -0.3 is 10.1 Å². The maximum absolute atomic E-state index is 13.1. The van der Waals surface area contributed by atoms with E-state index in [-0.39, 0.29) is 12.1 Å². The van der Waals surface area contributed by atoms with Gasteiger partial charge in [0.2, 0.25) is 5.91 Å². The zero-order valence-corrected chi connectivity index (χ0v) is 12.2. The van der Waals surface area contributed by atoms with Crippen molar-refractivity contribution in [1.29, 1.82) is 0 Å². The molecule has 1 aromatic rings. The van der Waals surface area contributed by atoms with Crippen LogP contribution in [0.2, 0.25) is 0 Å². The average molecular weight is 315 g/mol. The van der Waals surface area contributed by atoms with Gasteiger partial charge in [0.25, 0.3) is 0 Å². The van der Waals surface area contributed by atoms with Crippen molar-refractivity contribution < 1.29 is 27.1 Å². The van der Waals surface area contributed by atoms with Gasteiger partial charge in [-0.15, -0.1) is 0 Å². The summed E-state index contributed by atoms with van der Waals surface area (Å²) < 4.78 is 40.8. The lowest BCUT2D eigenvalue weighted by atomic mass is 10.1. The second-order valence-corrected chi connectivity index (χ2v) is 7.18. The molecule has 2 unspecified atom stereocenters. The molecule has 1 amide bonds. The lowest BCUT2D eigenvalue weighted by molar-refractivity contribution is -0.150. The third-order valence-electron chi connectivity index (χ3n) is 3.45.